The zero-order valence-corrected chi connectivity index (χ0v) is 14.5. The van der Waals surface area contributed by atoms with E-state index in [-0.39, 0.29) is 12.0 Å². The highest BCUT2D eigenvalue weighted by Gasteiger charge is 2.26. The summed E-state index contributed by atoms with van der Waals surface area (Å²) >= 11 is 5.90. The summed E-state index contributed by atoms with van der Waals surface area (Å²) in [5, 5.41) is 1.68. The Morgan fingerprint density at radius 1 is 1.08 bits per heavy atom. The van der Waals surface area contributed by atoms with E-state index < -0.39 is 0 Å². The SMILES string of the molecule is O=C(c1c[nH]c2ccccc12)N1CCC(Oc2ccc(Cl)cc2)CC1. The number of halogens is 1. The van der Waals surface area contributed by atoms with Gasteiger partial charge in [0.15, 0.2) is 0 Å². The third-order valence-electron chi connectivity index (χ3n) is 4.67. The number of hydrogen-bond donors (Lipinski definition) is 1. The number of para-hydroxylation sites is 1. The van der Waals surface area contributed by atoms with Crippen LogP contribution in [-0.4, -0.2) is 35.0 Å². The molecule has 1 fully saturated rings. The first kappa shape index (κ1) is 16.0. The van der Waals surface area contributed by atoms with Gasteiger partial charge in [0, 0.05) is 48.1 Å². The van der Waals surface area contributed by atoms with Gasteiger partial charge in [-0.1, -0.05) is 29.8 Å². The lowest BCUT2D eigenvalue weighted by Gasteiger charge is -2.32. The largest absolute Gasteiger partial charge is 0.490 e. The molecule has 1 N–H and O–H groups in total. The average Bonchev–Trinajstić information content (AvgIpc) is 3.08. The standard InChI is InChI=1S/C20H19ClN2O2/c21-14-5-7-15(8-6-14)25-16-9-11-23(12-10-16)20(24)18-13-22-19-4-2-1-3-17(18)19/h1-8,13,16,22H,9-12H2. The summed E-state index contributed by atoms with van der Waals surface area (Å²) < 4.78 is 6.00. The first-order chi connectivity index (χ1) is 12.2. The summed E-state index contributed by atoms with van der Waals surface area (Å²) in [5.74, 6) is 0.910. The molecule has 0 bridgehead atoms. The van der Waals surface area contributed by atoms with Gasteiger partial charge in [-0.15, -0.1) is 0 Å². The summed E-state index contributed by atoms with van der Waals surface area (Å²) in [5.41, 5.74) is 1.74. The van der Waals surface area contributed by atoms with Gasteiger partial charge in [0.25, 0.3) is 5.91 Å². The average molecular weight is 355 g/mol. The number of piperidine rings is 1. The van der Waals surface area contributed by atoms with Crippen LogP contribution in [0.4, 0.5) is 0 Å². The number of likely N-dealkylation sites (tertiary alicyclic amines) is 1. The smallest absolute Gasteiger partial charge is 0.256 e. The number of amides is 1. The number of ether oxygens (including phenoxy) is 1. The van der Waals surface area contributed by atoms with Crippen molar-refractivity contribution >= 4 is 28.4 Å². The van der Waals surface area contributed by atoms with Crippen molar-refractivity contribution < 1.29 is 9.53 Å². The minimum atomic E-state index is 0.0855. The predicted octanol–water partition coefficient (Wildman–Crippen LogP) is 4.50. The maximum absolute atomic E-state index is 12.8. The zero-order valence-electron chi connectivity index (χ0n) is 13.7. The van der Waals surface area contributed by atoms with Gasteiger partial charge in [0.2, 0.25) is 0 Å². The summed E-state index contributed by atoms with van der Waals surface area (Å²) in [4.78, 5) is 17.9. The van der Waals surface area contributed by atoms with E-state index in [0.29, 0.717) is 18.1 Å². The van der Waals surface area contributed by atoms with E-state index in [9.17, 15) is 4.79 Å². The van der Waals surface area contributed by atoms with Gasteiger partial charge in [0.05, 0.1) is 5.56 Å². The van der Waals surface area contributed by atoms with Crippen molar-refractivity contribution in [2.24, 2.45) is 0 Å². The second-order valence-electron chi connectivity index (χ2n) is 6.31. The fraction of sp³-hybridized carbons (Fsp3) is 0.250. The van der Waals surface area contributed by atoms with Crippen LogP contribution in [0.1, 0.15) is 23.2 Å². The van der Waals surface area contributed by atoms with Crippen molar-refractivity contribution in [3.63, 3.8) is 0 Å². The molecule has 1 saturated heterocycles. The minimum Gasteiger partial charge on any atom is -0.490 e. The molecule has 2 heterocycles. The Labute approximate surface area is 151 Å². The van der Waals surface area contributed by atoms with Gasteiger partial charge in [0.1, 0.15) is 11.9 Å². The minimum absolute atomic E-state index is 0.0855. The van der Waals surface area contributed by atoms with E-state index in [1.807, 2.05) is 59.6 Å². The number of nitrogens with zero attached hydrogens (tertiary/aromatic N) is 1. The molecule has 1 aliphatic rings. The first-order valence-electron chi connectivity index (χ1n) is 8.48. The summed E-state index contributed by atoms with van der Waals surface area (Å²) in [6.45, 7) is 1.41. The van der Waals surface area contributed by atoms with Crippen LogP contribution in [0.3, 0.4) is 0 Å². The summed E-state index contributed by atoms with van der Waals surface area (Å²) in [6, 6.07) is 15.3. The molecule has 1 aliphatic heterocycles. The molecule has 5 heteroatoms. The molecule has 1 aromatic heterocycles. The molecule has 1 amide bonds. The van der Waals surface area contributed by atoms with Gasteiger partial charge in [-0.05, 0) is 30.3 Å². The molecule has 4 nitrogen and oxygen atoms in total. The van der Waals surface area contributed by atoms with Gasteiger partial charge < -0.3 is 14.6 Å². The number of benzene rings is 2. The molecule has 0 atom stereocenters. The normalized spacial score (nSPS) is 15.5. The number of carbonyl (C=O) groups is 1. The lowest BCUT2D eigenvalue weighted by molar-refractivity contribution is 0.0597. The van der Waals surface area contributed by atoms with E-state index >= 15 is 0 Å². The Kier molecular flexibility index (Phi) is 4.36. The van der Waals surface area contributed by atoms with E-state index in [4.69, 9.17) is 16.3 Å². The number of H-pyrrole nitrogens is 1. The third-order valence-corrected chi connectivity index (χ3v) is 4.92. The Hall–Kier alpha value is -2.46. The fourth-order valence-electron chi connectivity index (χ4n) is 3.30. The molecular formula is C20H19ClN2O2. The number of aromatic amines is 1. The first-order valence-corrected chi connectivity index (χ1v) is 8.86. The maximum Gasteiger partial charge on any atom is 0.256 e. The van der Waals surface area contributed by atoms with Crippen LogP contribution in [0.2, 0.25) is 5.02 Å². The van der Waals surface area contributed by atoms with E-state index in [1.54, 1.807) is 0 Å². The van der Waals surface area contributed by atoms with Crippen LogP contribution in [0.5, 0.6) is 5.75 Å². The van der Waals surface area contributed by atoms with E-state index in [0.717, 1.165) is 35.1 Å². The van der Waals surface area contributed by atoms with Crippen molar-refractivity contribution in [1.82, 2.24) is 9.88 Å². The van der Waals surface area contributed by atoms with Crippen LogP contribution in [-0.2, 0) is 0 Å². The maximum atomic E-state index is 12.8. The highest BCUT2D eigenvalue weighted by atomic mass is 35.5. The lowest BCUT2D eigenvalue weighted by atomic mass is 10.1. The topological polar surface area (TPSA) is 45.3 Å². The van der Waals surface area contributed by atoms with Gasteiger partial charge in [-0.3, -0.25) is 4.79 Å². The van der Waals surface area contributed by atoms with Crippen molar-refractivity contribution in [1.29, 1.82) is 0 Å². The number of nitrogens with one attached hydrogen (secondary N) is 1. The molecule has 0 saturated carbocycles. The summed E-state index contributed by atoms with van der Waals surface area (Å²) in [7, 11) is 0. The number of hydrogen-bond acceptors (Lipinski definition) is 2. The quantitative estimate of drug-likeness (QED) is 0.752. The Morgan fingerprint density at radius 3 is 2.56 bits per heavy atom. The molecule has 2 aromatic carbocycles. The molecule has 0 radical (unpaired) electrons. The Bertz CT molecular complexity index is 880. The van der Waals surface area contributed by atoms with E-state index in [1.165, 1.54) is 0 Å². The van der Waals surface area contributed by atoms with E-state index in [2.05, 4.69) is 4.98 Å². The third kappa shape index (κ3) is 3.35. The molecule has 0 unspecified atom stereocenters. The predicted molar refractivity (Wildman–Crippen MR) is 99.3 cm³/mol. The van der Waals surface area contributed by atoms with Crippen LogP contribution in [0.15, 0.2) is 54.7 Å². The summed E-state index contributed by atoms with van der Waals surface area (Å²) in [6.07, 6.45) is 3.60. The second kappa shape index (κ2) is 6.81. The monoisotopic (exact) mass is 354 g/mol. The zero-order chi connectivity index (χ0) is 17.2. The molecule has 25 heavy (non-hydrogen) atoms. The van der Waals surface area contributed by atoms with Gasteiger partial charge >= 0.3 is 0 Å². The van der Waals surface area contributed by atoms with Gasteiger partial charge in [-0.2, -0.15) is 0 Å². The number of rotatable bonds is 3. The highest BCUT2D eigenvalue weighted by molar-refractivity contribution is 6.30. The van der Waals surface area contributed by atoms with Crippen molar-refractivity contribution in [2.75, 3.05) is 13.1 Å². The number of fused-ring (bicyclic) bond motifs is 1. The van der Waals surface area contributed by atoms with Crippen LogP contribution in [0, 0.1) is 0 Å². The highest BCUT2D eigenvalue weighted by Crippen LogP contribution is 2.24. The number of carbonyl (C=O) groups excluding carboxylic acids is 1. The molecule has 4 rings (SSSR count). The fourth-order valence-corrected chi connectivity index (χ4v) is 3.43. The molecule has 0 aliphatic carbocycles. The molecular weight excluding hydrogens is 336 g/mol. The Morgan fingerprint density at radius 2 is 1.80 bits per heavy atom. The van der Waals surface area contributed by atoms with Crippen molar-refractivity contribution in [3.05, 3.63) is 65.3 Å². The van der Waals surface area contributed by atoms with Crippen LogP contribution < -0.4 is 4.74 Å². The van der Waals surface area contributed by atoms with Crippen molar-refractivity contribution in [3.8, 4) is 5.75 Å². The van der Waals surface area contributed by atoms with Gasteiger partial charge in [-0.25, -0.2) is 0 Å². The molecule has 3 aromatic rings. The molecule has 0 spiro atoms. The van der Waals surface area contributed by atoms with Crippen LogP contribution >= 0.6 is 11.6 Å². The lowest BCUT2D eigenvalue weighted by Crippen LogP contribution is -2.41. The number of aromatic nitrogens is 1. The van der Waals surface area contributed by atoms with Crippen LogP contribution in [0.25, 0.3) is 10.9 Å². The Balaban J connectivity index is 1.39. The molecule has 128 valence electrons. The second-order valence-corrected chi connectivity index (χ2v) is 6.75. The van der Waals surface area contributed by atoms with Crippen molar-refractivity contribution in [2.45, 2.75) is 18.9 Å².